The number of hydrogen-bond acceptors (Lipinski definition) is 2. The van der Waals surface area contributed by atoms with Crippen molar-refractivity contribution in [3.8, 4) is 0 Å². The number of nitrogens with one attached hydrogen (secondary N) is 1. The molecule has 2 aromatic rings. The topological polar surface area (TPSA) is 46.2 Å². The van der Waals surface area contributed by atoms with E-state index < -0.39 is 10.0 Å². The van der Waals surface area contributed by atoms with E-state index in [2.05, 4.69) is 36.6 Å². The van der Waals surface area contributed by atoms with Crippen LogP contribution in [0.1, 0.15) is 0 Å². The molecule has 0 atom stereocenters. The first-order valence-electron chi connectivity index (χ1n) is 5.12. The van der Waals surface area contributed by atoms with Gasteiger partial charge < -0.3 is 0 Å². The summed E-state index contributed by atoms with van der Waals surface area (Å²) in [5.41, 5.74) is 0.410. The Balaban J connectivity index is 2.33. The standard InChI is InChI=1S/C12H8Br2ClNO2S/c13-8-2-1-3-10(6-8)19(17,18)16-9-4-5-11(14)12(15)7-9/h1-7,16H. The first-order chi connectivity index (χ1) is 8.88. The number of benzene rings is 2. The van der Waals surface area contributed by atoms with E-state index in [0.717, 1.165) is 0 Å². The van der Waals surface area contributed by atoms with E-state index in [1.807, 2.05) is 0 Å². The van der Waals surface area contributed by atoms with Gasteiger partial charge in [-0.1, -0.05) is 33.6 Å². The number of rotatable bonds is 3. The Morgan fingerprint density at radius 3 is 2.42 bits per heavy atom. The lowest BCUT2D eigenvalue weighted by atomic mass is 10.3. The summed E-state index contributed by atoms with van der Waals surface area (Å²) in [6.07, 6.45) is 0. The Labute approximate surface area is 133 Å². The van der Waals surface area contributed by atoms with Crippen LogP contribution in [0.3, 0.4) is 0 Å². The summed E-state index contributed by atoms with van der Waals surface area (Å²) in [4.78, 5) is 0.181. The van der Waals surface area contributed by atoms with Gasteiger partial charge >= 0.3 is 0 Å². The molecule has 0 fully saturated rings. The van der Waals surface area contributed by atoms with Gasteiger partial charge in [-0.3, -0.25) is 4.72 Å². The summed E-state index contributed by atoms with van der Waals surface area (Å²) in [6, 6.07) is 11.3. The van der Waals surface area contributed by atoms with Crippen molar-refractivity contribution in [2.45, 2.75) is 4.90 Å². The fraction of sp³-hybridized carbons (Fsp3) is 0. The zero-order valence-electron chi connectivity index (χ0n) is 9.40. The maximum atomic E-state index is 12.2. The summed E-state index contributed by atoms with van der Waals surface area (Å²) in [5, 5.41) is 0.439. The summed E-state index contributed by atoms with van der Waals surface area (Å²) >= 11 is 12.4. The molecule has 3 nitrogen and oxygen atoms in total. The Morgan fingerprint density at radius 2 is 1.79 bits per heavy atom. The molecule has 0 spiro atoms. The highest BCUT2D eigenvalue weighted by molar-refractivity contribution is 9.10. The Bertz CT molecular complexity index is 719. The van der Waals surface area contributed by atoms with E-state index in [9.17, 15) is 8.42 Å². The number of halogens is 3. The Morgan fingerprint density at radius 1 is 1.05 bits per heavy atom. The second-order valence-electron chi connectivity index (χ2n) is 3.69. The monoisotopic (exact) mass is 423 g/mol. The lowest BCUT2D eigenvalue weighted by Crippen LogP contribution is -2.12. The van der Waals surface area contributed by atoms with Crippen molar-refractivity contribution in [2.75, 3.05) is 4.72 Å². The van der Waals surface area contributed by atoms with E-state index in [-0.39, 0.29) is 4.90 Å². The van der Waals surface area contributed by atoms with Crippen LogP contribution < -0.4 is 4.72 Å². The van der Waals surface area contributed by atoms with Crippen LogP contribution in [0.25, 0.3) is 0 Å². The molecule has 1 N–H and O–H groups in total. The van der Waals surface area contributed by atoms with Crippen molar-refractivity contribution in [2.24, 2.45) is 0 Å². The average Bonchev–Trinajstić information content (AvgIpc) is 2.33. The predicted octanol–water partition coefficient (Wildman–Crippen LogP) is 4.67. The van der Waals surface area contributed by atoms with E-state index in [1.54, 1.807) is 30.3 Å². The summed E-state index contributed by atoms with van der Waals surface area (Å²) in [6.45, 7) is 0. The Hall–Kier alpha value is -0.560. The minimum atomic E-state index is -3.62. The highest BCUT2D eigenvalue weighted by atomic mass is 79.9. The third kappa shape index (κ3) is 3.72. The molecule has 2 aromatic carbocycles. The van der Waals surface area contributed by atoms with Gasteiger partial charge in [-0.05, 0) is 52.3 Å². The predicted molar refractivity (Wildman–Crippen MR) is 84.1 cm³/mol. The van der Waals surface area contributed by atoms with Gasteiger partial charge in [0.15, 0.2) is 0 Å². The van der Waals surface area contributed by atoms with Crippen LogP contribution in [0.15, 0.2) is 56.3 Å². The highest BCUT2D eigenvalue weighted by Gasteiger charge is 2.14. The van der Waals surface area contributed by atoms with Crippen molar-refractivity contribution in [3.05, 3.63) is 56.4 Å². The second-order valence-corrected chi connectivity index (χ2v) is 7.55. The van der Waals surface area contributed by atoms with Crippen LogP contribution in [-0.4, -0.2) is 8.42 Å². The average molecular weight is 426 g/mol. The molecule has 0 saturated carbocycles. The Kier molecular flexibility index (Phi) is 4.55. The number of hydrogen-bond donors (Lipinski definition) is 1. The van der Waals surface area contributed by atoms with E-state index in [0.29, 0.717) is 19.7 Å². The first-order valence-corrected chi connectivity index (χ1v) is 8.57. The van der Waals surface area contributed by atoms with Crippen molar-refractivity contribution in [1.29, 1.82) is 0 Å². The molecule has 0 bridgehead atoms. The highest BCUT2D eigenvalue weighted by Crippen LogP contribution is 2.27. The van der Waals surface area contributed by atoms with Crippen molar-refractivity contribution in [3.63, 3.8) is 0 Å². The molecule has 0 aliphatic heterocycles. The third-order valence-electron chi connectivity index (χ3n) is 2.28. The lowest BCUT2D eigenvalue weighted by Gasteiger charge is -2.09. The normalized spacial score (nSPS) is 11.3. The van der Waals surface area contributed by atoms with Crippen LogP contribution in [0.4, 0.5) is 5.69 Å². The maximum Gasteiger partial charge on any atom is 0.261 e. The molecule has 0 heterocycles. The van der Waals surface area contributed by atoms with Crippen LogP contribution in [-0.2, 0) is 10.0 Å². The minimum Gasteiger partial charge on any atom is -0.280 e. The second kappa shape index (κ2) is 5.83. The van der Waals surface area contributed by atoms with Gasteiger partial charge in [-0.15, -0.1) is 0 Å². The minimum absolute atomic E-state index is 0.181. The smallest absolute Gasteiger partial charge is 0.261 e. The van der Waals surface area contributed by atoms with E-state index >= 15 is 0 Å². The molecule has 7 heteroatoms. The van der Waals surface area contributed by atoms with E-state index in [1.165, 1.54) is 12.1 Å². The molecular formula is C12H8Br2ClNO2S. The quantitative estimate of drug-likeness (QED) is 0.777. The SMILES string of the molecule is O=S(=O)(Nc1ccc(Br)c(Cl)c1)c1cccc(Br)c1. The zero-order chi connectivity index (χ0) is 14.0. The lowest BCUT2D eigenvalue weighted by molar-refractivity contribution is 0.601. The zero-order valence-corrected chi connectivity index (χ0v) is 14.1. The third-order valence-corrected chi connectivity index (χ3v) is 5.38. The molecule has 19 heavy (non-hydrogen) atoms. The van der Waals surface area contributed by atoms with E-state index in [4.69, 9.17) is 11.6 Å². The van der Waals surface area contributed by atoms with Gasteiger partial charge in [0.05, 0.1) is 15.6 Å². The molecule has 0 saturated heterocycles. The molecule has 100 valence electrons. The van der Waals surface area contributed by atoms with Crippen molar-refractivity contribution in [1.82, 2.24) is 0 Å². The molecule has 0 aliphatic carbocycles. The van der Waals surface area contributed by atoms with Gasteiger partial charge in [0.2, 0.25) is 0 Å². The van der Waals surface area contributed by atoms with Gasteiger partial charge in [-0.2, -0.15) is 0 Å². The molecule has 2 rings (SSSR count). The number of sulfonamides is 1. The van der Waals surface area contributed by atoms with Gasteiger partial charge in [0.25, 0.3) is 10.0 Å². The molecular weight excluding hydrogens is 417 g/mol. The molecule has 0 aromatic heterocycles. The van der Waals surface area contributed by atoms with Gasteiger partial charge in [0, 0.05) is 8.95 Å². The summed E-state index contributed by atoms with van der Waals surface area (Å²) in [5.74, 6) is 0. The summed E-state index contributed by atoms with van der Waals surface area (Å²) < 4.78 is 28.2. The van der Waals surface area contributed by atoms with Crippen LogP contribution in [0.2, 0.25) is 5.02 Å². The molecule has 0 amide bonds. The fourth-order valence-corrected chi connectivity index (χ4v) is 3.48. The molecule has 0 aliphatic rings. The van der Waals surface area contributed by atoms with Gasteiger partial charge in [-0.25, -0.2) is 8.42 Å². The van der Waals surface area contributed by atoms with Crippen molar-refractivity contribution < 1.29 is 8.42 Å². The van der Waals surface area contributed by atoms with Crippen LogP contribution in [0.5, 0.6) is 0 Å². The largest absolute Gasteiger partial charge is 0.280 e. The van der Waals surface area contributed by atoms with Gasteiger partial charge in [0.1, 0.15) is 0 Å². The maximum absolute atomic E-state index is 12.2. The first kappa shape index (κ1) is 14.8. The number of anilines is 1. The van der Waals surface area contributed by atoms with Crippen LogP contribution in [0, 0.1) is 0 Å². The van der Waals surface area contributed by atoms with Crippen LogP contribution >= 0.6 is 43.5 Å². The fourth-order valence-electron chi connectivity index (χ4n) is 1.41. The molecule has 0 radical (unpaired) electrons. The molecule has 0 unspecified atom stereocenters. The summed E-state index contributed by atoms with van der Waals surface area (Å²) in [7, 11) is -3.62. The van der Waals surface area contributed by atoms with Crippen molar-refractivity contribution >= 4 is 59.2 Å².